The lowest BCUT2D eigenvalue weighted by molar-refractivity contribution is -0.133. The molecule has 7 nitrogen and oxygen atoms in total. The van der Waals surface area contributed by atoms with Gasteiger partial charge in [0.1, 0.15) is 0 Å². The zero-order valence-corrected chi connectivity index (χ0v) is 17.5. The van der Waals surface area contributed by atoms with Crippen LogP contribution in [0.15, 0.2) is 36.9 Å². The average Bonchev–Trinajstić information content (AvgIpc) is 2.94. The predicted octanol–water partition coefficient (Wildman–Crippen LogP) is 2.82. The highest BCUT2D eigenvalue weighted by Crippen LogP contribution is 2.65. The van der Waals surface area contributed by atoms with Crippen LogP contribution >= 0.6 is 0 Å². The summed E-state index contributed by atoms with van der Waals surface area (Å²) in [5.41, 5.74) is 6.26. The lowest BCUT2D eigenvalue weighted by Crippen LogP contribution is -2.55. The van der Waals surface area contributed by atoms with Gasteiger partial charge in [-0.3, -0.25) is 4.90 Å². The van der Waals surface area contributed by atoms with Gasteiger partial charge >= 0.3 is 12.1 Å². The Morgan fingerprint density at radius 3 is 2.65 bits per heavy atom. The highest BCUT2D eigenvalue weighted by atomic mass is 16.6. The van der Waals surface area contributed by atoms with Crippen LogP contribution < -0.4 is 5.32 Å². The zero-order valence-electron chi connectivity index (χ0n) is 17.5. The summed E-state index contributed by atoms with van der Waals surface area (Å²) in [5.74, 6) is 0.241. The second kappa shape index (κ2) is 6.79. The summed E-state index contributed by atoms with van der Waals surface area (Å²) < 4.78 is 6.98. The number of aromatic nitrogens is 2. The fourth-order valence-electron chi connectivity index (χ4n) is 5.93. The van der Waals surface area contributed by atoms with E-state index in [1.54, 1.807) is 4.90 Å². The highest BCUT2D eigenvalue weighted by molar-refractivity contribution is 5.91. The number of rotatable bonds is 3. The second-order valence-corrected chi connectivity index (χ2v) is 9.33. The van der Waals surface area contributed by atoms with Crippen LogP contribution in [0.2, 0.25) is 0 Å². The fourth-order valence-corrected chi connectivity index (χ4v) is 5.93. The van der Waals surface area contributed by atoms with E-state index in [1.165, 1.54) is 24.8 Å². The van der Waals surface area contributed by atoms with Crippen LogP contribution in [0.3, 0.4) is 0 Å². The summed E-state index contributed by atoms with van der Waals surface area (Å²) in [4.78, 5) is 25.8. The first-order valence-electron chi connectivity index (χ1n) is 11.2. The van der Waals surface area contributed by atoms with Gasteiger partial charge in [-0.2, -0.15) is 5.10 Å². The van der Waals surface area contributed by atoms with Gasteiger partial charge in [0.2, 0.25) is 0 Å². The lowest BCUT2D eigenvalue weighted by Gasteiger charge is -2.62. The molecule has 31 heavy (non-hydrogen) atoms. The zero-order chi connectivity index (χ0) is 21.2. The van der Waals surface area contributed by atoms with Crippen molar-refractivity contribution >= 4 is 12.1 Å². The maximum atomic E-state index is 12.6. The van der Waals surface area contributed by atoms with Gasteiger partial charge in [0.05, 0.1) is 23.1 Å². The molecule has 0 radical (unpaired) electrons. The molecule has 1 aromatic carbocycles. The summed E-state index contributed by atoms with van der Waals surface area (Å²) in [6, 6.07) is 8.73. The Bertz CT molecular complexity index is 1070. The molecule has 7 rings (SSSR count). The summed E-state index contributed by atoms with van der Waals surface area (Å²) >= 11 is 0. The Morgan fingerprint density at radius 2 is 1.97 bits per heavy atom. The van der Waals surface area contributed by atoms with Gasteiger partial charge in [-0.15, -0.1) is 0 Å². The van der Waals surface area contributed by atoms with E-state index in [-0.39, 0.29) is 6.04 Å². The summed E-state index contributed by atoms with van der Waals surface area (Å²) in [6.07, 6.45) is 5.92. The minimum absolute atomic E-state index is 0.194. The van der Waals surface area contributed by atoms with E-state index in [2.05, 4.69) is 40.8 Å². The third-order valence-electron chi connectivity index (χ3n) is 7.62. The number of nitrogens with zero attached hydrogens (tertiary/aromatic N) is 3. The number of ether oxygens (including phenoxy) is 1. The molecular weight excluding hydrogens is 392 g/mol. The van der Waals surface area contributed by atoms with Crippen molar-refractivity contribution in [1.82, 2.24) is 20.0 Å². The molecule has 3 fully saturated rings. The van der Waals surface area contributed by atoms with Crippen LogP contribution in [-0.4, -0.2) is 46.4 Å². The van der Waals surface area contributed by atoms with Gasteiger partial charge in [0, 0.05) is 44.1 Å². The first kappa shape index (κ1) is 18.8. The number of hydrogen-bond donors (Lipinski definition) is 1. The molecule has 7 heteroatoms. The van der Waals surface area contributed by atoms with Crippen LogP contribution in [-0.2, 0) is 27.8 Å². The number of esters is 1. The van der Waals surface area contributed by atoms with Crippen LogP contribution in [0, 0.1) is 5.92 Å². The number of benzene rings is 1. The number of amides is 1. The molecule has 5 aliphatic rings. The Labute approximate surface area is 181 Å². The van der Waals surface area contributed by atoms with Crippen molar-refractivity contribution in [3.8, 4) is 5.69 Å². The summed E-state index contributed by atoms with van der Waals surface area (Å²) in [5, 5.41) is 8.36. The van der Waals surface area contributed by atoms with Crippen LogP contribution in [0.1, 0.15) is 47.8 Å². The van der Waals surface area contributed by atoms with Crippen molar-refractivity contribution in [3.63, 3.8) is 0 Å². The van der Waals surface area contributed by atoms with E-state index in [0.717, 1.165) is 47.6 Å². The van der Waals surface area contributed by atoms with E-state index in [1.807, 2.05) is 0 Å². The molecule has 0 spiro atoms. The van der Waals surface area contributed by atoms with Gasteiger partial charge in [-0.1, -0.05) is 18.7 Å². The van der Waals surface area contributed by atoms with Crippen LogP contribution in [0.25, 0.3) is 5.69 Å². The van der Waals surface area contributed by atoms with Gasteiger partial charge in [0.15, 0.2) is 0 Å². The van der Waals surface area contributed by atoms with Crippen LogP contribution in [0.5, 0.6) is 0 Å². The summed E-state index contributed by atoms with van der Waals surface area (Å²) in [7, 11) is 0. The first-order valence-corrected chi connectivity index (χ1v) is 11.2. The topological polar surface area (TPSA) is 76.5 Å². The molecule has 2 aromatic rings. The molecule has 1 N–H and O–H groups in total. The van der Waals surface area contributed by atoms with Crippen molar-refractivity contribution in [2.45, 2.75) is 43.6 Å². The molecule has 3 heterocycles. The minimum atomic E-state index is -0.725. The minimum Gasteiger partial charge on any atom is -0.373 e. The lowest BCUT2D eigenvalue weighted by atomic mass is 9.42. The van der Waals surface area contributed by atoms with E-state index in [0.29, 0.717) is 24.9 Å². The Morgan fingerprint density at radius 1 is 1.19 bits per heavy atom. The molecule has 3 aliphatic carbocycles. The maximum absolute atomic E-state index is 12.6. The largest absolute Gasteiger partial charge is 0.418 e. The van der Waals surface area contributed by atoms with Gasteiger partial charge in [-0.25, -0.2) is 14.3 Å². The number of carbonyl (C=O) groups is 2. The standard InChI is InChI=1S/C24H26N4O3/c1-2-21(29)31-23(30)27-10-8-19-22-18(7-9-25-14-20(22)27)26-28(19)17-5-3-16(4-6-17)24-11-15(12-24)13-24/h2-6,15,20,25H,1,7-14H2. The SMILES string of the molecule is C=CC(=O)OC(=O)N1CCc2c3c(nn2-c2ccc(C45CC(C4)C5)cc2)CCNCC31. The molecule has 0 saturated heterocycles. The highest BCUT2D eigenvalue weighted by Gasteiger charge is 2.57. The van der Waals surface area contributed by atoms with E-state index in [4.69, 9.17) is 9.84 Å². The van der Waals surface area contributed by atoms with Gasteiger partial charge in [-0.05, 0) is 48.3 Å². The smallest absolute Gasteiger partial charge is 0.373 e. The molecule has 1 unspecified atom stereocenters. The average molecular weight is 418 g/mol. The predicted molar refractivity (Wildman–Crippen MR) is 114 cm³/mol. The fraction of sp³-hybridized carbons (Fsp3) is 0.458. The molecule has 1 atom stereocenters. The molecule has 1 aromatic heterocycles. The van der Waals surface area contributed by atoms with Crippen molar-refractivity contribution in [2.75, 3.05) is 19.6 Å². The molecule has 2 bridgehead atoms. The molecule has 2 aliphatic heterocycles. The van der Waals surface area contributed by atoms with Crippen molar-refractivity contribution < 1.29 is 14.3 Å². The normalized spacial score (nSPS) is 27.9. The molecule has 3 saturated carbocycles. The Balaban J connectivity index is 1.33. The van der Waals surface area contributed by atoms with Crippen LogP contribution in [0.4, 0.5) is 4.79 Å². The van der Waals surface area contributed by atoms with Crippen molar-refractivity contribution in [3.05, 3.63) is 59.4 Å². The van der Waals surface area contributed by atoms with E-state index in [9.17, 15) is 9.59 Å². The van der Waals surface area contributed by atoms with E-state index < -0.39 is 12.1 Å². The van der Waals surface area contributed by atoms with Crippen molar-refractivity contribution in [2.24, 2.45) is 5.92 Å². The summed E-state index contributed by atoms with van der Waals surface area (Å²) in [6.45, 7) is 5.27. The van der Waals surface area contributed by atoms with E-state index >= 15 is 0 Å². The second-order valence-electron chi connectivity index (χ2n) is 9.33. The molecule has 1 amide bonds. The molecule has 160 valence electrons. The monoisotopic (exact) mass is 418 g/mol. The molecular formula is C24H26N4O3. The quantitative estimate of drug-likeness (QED) is 0.471. The third-order valence-corrected chi connectivity index (χ3v) is 7.62. The van der Waals surface area contributed by atoms with Gasteiger partial charge < -0.3 is 10.1 Å². The number of carbonyl (C=O) groups excluding carboxylic acids is 2. The third kappa shape index (κ3) is 2.79. The maximum Gasteiger partial charge on any atom is 0.418 e. The Hall–Kier alpha value is -2.93. The van der Waals surface area contributed by atoms with Gasteiger partial charge in [0.25, 0.3) is 0 Å². The Kier molecular flexibility index (Phi) is 4.12. The first-order chi connectivity index (χ1) is 15.1. The van der Waals surface area contributed by atoms with Crippen molar-refractivity contribution in [1.29, 1.82) is 0 Å². The number of hydrogen-bond acceptors (Lipinski definition) is 5. The number of nitrogens with one attached hydrogen (secondary N) is 1.